The third-order valence-corrected chi connectivity index (χ3v) is 6.09. The molecule has 7 nitrogen and oxygen atoms in total. The van der Waals surface area contributed by atoms with Gasteiger partial charge in [-0.15, -0.1) is 10.2 Å². The van der Waals surface area contributed by atoms with Crippen molar-refractivity contribution in [3.05, 3.63) is 99.8 Å². The second-order valence-electron chi connectivity index (χ2n) is 7.08. The normalized spacial score (nSPS) is 11.2. The number of H-pyrrole nitrogens is 1. The highest BCUT2D eigenvalue weighted by Gasteiger charge is 2.16. The maximum Gasteiger partial charge on any atom is 0.258 e. The highest BCUT2D eigenvalue weighted by atomic mass is 35.5. The van der Waals surface area contributed by atoms with E-state index in [0.29, 0.717) is 34.0 Å². The molecule has 3 aromatic heterocycles. The van der Waals surface area contributed by atoms with E-state index in [-0.39, 0.29) is 5.56 Å². The standard InChI is InChI=1S/C23H17ClN6OS/c24-17-8-9-19-18(11-17)22(31)27-20(26-19)14-32-23-29-28-21(16-7-4-10-25-12-16)30(23)13-15-5-2-1-3-6-15/h1-12H,13-14H2,(H,26,27,31). The maximum atomic E-state index is 12.5. The molecule has 0 amide bonds. The fourth-order valence-corrected chi connectivity index (χ4v) is 4.35. The molecule has 0 aliphatic rings. The largest absolute Gasteiger partial charge is 0.309 e. The molecular weight excluding hydrogens is 444 g/mol. The molecule has 0 atom stereocenters. The molecule has 0 aliphatic heterocycles. The van der Waals surface area contributed by atoms with Crippen LogP contribution in [0, 0.1) is 0 Å². The highest BCUT2D eigenvalue weighted by molar-refractivity contribution is 7.98. The molecule has 0 radical (unpaired) electrons. The van der Waals surface area contributed by atoms with Crippen molar-refractivity contribution in [3.8, 4) is 11.4 Å². The first kappa shape index (κ1) is 20.4. The number of halogens is 1. The van der Waals surface area contributed by atoms with Gasteiger partial charge in [0, 0.05) is 23.0 Å². The molecule has 0 fully saturated rings. The molecule has 5 aromatic rings. The number of rotatable bonds is 6. The number of aromatic nitrogens is 6. The zero-order chi connectivity index (χ0) is 21.9. The Bertz CT molecular complexity index is 1440. The summed E-state index contributed by atoms with van der Waals surface area (Å²) in [6.45, 7) is 0.612. The van der Waals surface area contributed by atoms with Crippen LogP contribution in [0.25, 0.3) is 22.3 Å². The van der Waals surface area contributed by atoms with E-state index in [4.69, 9.17) is 11.6 Å². The Hall–Kier alpha value is -3.49. The minimum atomic E-state index is -0.213. The average Bonchev–Trinajstić information content (AvgIpc) is 3.22. The van der Waals surface area contributed by atoms with Gasteiger partial charge in [-0.25, -0.2) is 4.98 Å². The lowest BCUT2D eigenvalue weighted by atomic mass is 10.2. The molecule has 0 saturated heterocycles. The summed E-state index contributed by atoms with van der Waals surface area (Å²) < 4.78 is 2.05. The fourth-order valence-electron chi connectivity index (χ4n) is 3.37. The number of hydrogen-bond acceptors (Lipinski definition) is 6. The molecule has 2 aromatic carbocycles. The van der Waals surface area contributed by atoms with Crippen LogP contribution in [-0.2, 0) is 12.3 Å². The Labute approximate surface area is 192 Å². The molecule has 0 spiro atoms. The van der Waals surface area contributed by atoms with Gasteiger partial charge in [0.25, 0.3) is 5.56 Å². The molecule has 158 valence electrons. The Morgan fingerprint density at radius 2 is 1.91 bits per heavy atom. The van der Waals surface area contributed by atoms with Gasteiger partial charge in [0.05, 0.1) is 23.2 Å². The molecule has 0 aliphatic carbocycles. The third-order valence-electron chi connectivity index (χ3n) is 4.87. The summed E-state index contributed by atoms with van der Waals surface area (Å²) in [6.07, 6.45) is 3.50. The van der Waals surface area contributed by atoms with E-state index < -0.39 is 0 Å². The van der Waals surface area contributed by atoms with E-state index in [1.807, 2.05) is 30.3 Å². The summed E-state index contributed by atoms with van der Waals surface area (Å²) >= 11 is 7.47. The molecule has 1 N–H and O–H groups in total. The summed E-state index contributed by atoms with van der Waals surface area (Å²) in [5.41, 5.74) is 2.41. The number of aromatic amines is 1. The van der Waals surface area contributed by atoms with Crippen LogP contribution in [0.3, 0.4) is 0 Å². The lowest BCUT2D eigenvalue weighted by molar-refractivity contribution is 0.714. The average molecular weight is 461 g/mol. The van der Waals surface area contributed by atoms with Gasteiger partial charge < -0.3 is 4.98 Å². The van der Waals surface area contributed by atoms with E-state index in [1.54, 1.807) is 30.6 Å². The first-order valence-corrected chi connectivity index (χ1v) is 11.2. The number of benzene rings is 2. The van der Waals surface area contributed by atoms with E-state index in [1.165, 1.54) is 11.8 Å². The van der Waals surface area contributed by atoms with Crippen molar-refractivity contribution in [2.75, 3.05) is 0 Å². The Kier molecular flexibility index (Phi) is 5.70. The van der Waals surface area contributed by atoms with Crippen LogP contribution in [0.15, 0.2) is 83.0 Å². The lowest BCUT2D eigenvalue weighted by Crippen LogP contribution is -2.11. The highest BCUT2D eigenvalue weighted by Crippen LogP contribution is 2.26. The van der Waals surface area contributed by atoms with Crippen molar-refractivity contribution < 1.29 is 0 Å². The topological polar surface area (TPSA) is 89.4 Å². The number of nitrogens with one attached hydrogen (secondary N) is 1. The number of thioether (sulfide) groups is 1. The molecule has 0 saturated carbocycles. The van der Waals surface area contributed by atoms with Crippen LogP contribution in [0.4, 0.5) is 0 Å². The summed E-state index contributed by atoms with van der Waals surface area (Å²) in [5.74, 6) is 1.74. The van der Waals surface area contributed by atoms with Gasteiger partial charge in [-0.05, 0) is 35.9 Å². The Balaban J connectivity index is 1.47. The van der Waals surface area contributed by atoms with E-state index in [0.717, 1.165) is 22.1 Å². The van der Waals surface area contributed by atoms with Gasteiger partial charge in [-0.1, -0.05) is 53.7 Å². The van der Waals surface area contributed by atoms with Crippen molar-refractivity contribution in [3.63, 3.8) is 0 Å². The predicted molar refractivity (Wildman–Crippen MR) is 126 cm³/mol. The van der Waals surface area contributed by atoms with Crippen LogP contribution in [0.2, 0.25) is 5.02 Å². The number of hydrogen-bond donors (Lipinski definition) is 1. The third kappa shape index (κ3) is 4.28. The predicted octanol–water partition coefficient (Wildman–Crippen LogP) is 4.57. The lowest BCUT2D eigenvalue weighted by Gasteiger charge is -2.10. The van der Waals surface area contributed by atoms with Crippen LogP contribution in [0.1, 0.15) is 11.4 Å². The maximum absolute atomic E-state index is 12.5. The molecule has 32 heavy (non-hydrogen) atoms. The van der Waals surface area contributed by atoms with Gasteiger partial charge >= 0.3 is 0 Å². The quantitative estimate of drug-likeness (QED) is 0.373. The van der Waals surface area contributed by atoms with Crippen molar-refractivity contribution in [2.24, 2.45) is 0 Å². The summed E-state index contributed by atoms with van der Waals surface area (Å²) in [5, 5.41) is 10.5. The van der Waals surface area contributed by atoms with Gasteiger partial charge in [-0.3, -0.25) is 14.3 Å². The number of fused-ring (bicyclic) bond motifs is 1. The van der Waals surface area contributed by atoms with E-state index in [2.05, 4.69) is 41.8 Å². The number of pyridine rings is 1. The smallest absolute Gasteiger partial charge is 0.258 e. The summed E-state index contributed by atoms with van der Waals surface area (Å²) in [4.78, 5) is 24.1. The van der Waals surface area contributed by atoms with Crippen LogP contribution >= 0.6 is 23.4 Å². The van der Waals surface area contributed by atoms with Crippen molar-refractivity contribution >= 4 is 34.3 Å². The zero-order valence-corrected chi connectivity index (χ0v) is 18.3. The fraction of sp³-hybridized carbons (Fsp3) is 0.0870. The van der Waals surface area contributed by atoms with Gasteiger partial charge in [0.1, 0.15) is 5.82 Å². The van der Waals surface area contributed by atoms with E-state index in [9.17, 15) is 4.79 Å². The van der Waals surface area contributed by atoms with Crippen LogP contribution in [-0.4, -0.2) is 29.7 Å². The minimum Gasteiger partial charge on any atom is -0.309 e. The SMILES string of the molecule is O=c1[nH]c(CSc2nnc(-c3cccnc3)n2Cc2ccccc2)nc2ccc(Cl)cc12. The molecule has 3 heterocycles. The Morgan fingerprint density at radius 1 is 1.03 bits per heavy atom. The molecular formula is C23H17ClN6OS. The van der Waals surface area contributed by atoms with Crippen molar-refractivity contribution in [1.82, 2.24) is 29.7 Å². The van der Waals surface area contributed by atoms with Crippen LogP contribution < -0.4 is 5.56 Å². The van der Waals surface area contributed by atoms with Gasteiger partial charge in [0.2, 0.25) is 0 Å². The van der Waals surface area contributed by atoms with E-state index >= 15 is 0 Å². The van der Waals surface area contributed by atoms with Crippen molar-refractivity contribution in [1.29, 1.82) is 0 Å². The first-order chi connectivity index (χ1) is 15.7. The van der Waals surface area contributed by atoms with Crippen molar-refractivity contribution in [2.45, 2.75) is 17.5 Å². The summed E-state index contributed by atoms with van der Waals surface area (Å²) in [7, 11) is 0. The minimum absolute atomic E-state index is 0.213. The molecule has 5 rings (SSSR count). The molecule has 0 bridgehead atoms. The monoisotopic (exact) mass is 460 g/mol. The molecule has 0 unspecified atom stereocenters. The van der Waals surface area contributed by atoms with Gasteiger partial charge in [-0.2, -0.15) is 0 Å². The second-order valence-corrected chi connectivity index (χ2v) is 8.46. The second kappa shape index (κ2) is 8.94. The molecule has 9 heteroatoms. The summed E-state index contributed by atoms with van der Waals surface area (Å²) in [6, 6.07) is 19.1. The first-order valence-electron chi connectivity index (χ1n) is 9.86. The van der Waals surface area contributed by atoms with Gasteiger partial charge in [0.15, 0.2) is 11.0 Å². The number of nitrogens with zero attached hydrogens (tertiary/aromatic N) is 5. The Morgan fingerprint density at radius 3 is 2.72 bits per heavy atom. The van der Waals surface area contributed by atoms with Crippen LogP contribution in [0.5, 0.6) is 0 Å². The zero-order valence-electron chi connectivity index (χ0n) is 16.8.